The first-order valence-corrected chi connectivity index (χ1v) is 7.45. The van der Waals surface area contributed by atoms with Gasteiger partial charge in [-0.2, -0.15) is 0 Å². The van der Waals surface area contributed by atoms with Gasteiger partial charge in [-0.15, -0.1) is 0 Å². The van der Waals surface area contributed by atoms with Gasteiger partial charge in [-0.3, -0.25) is 4.79 Å². The molecule has 110 valence electrons. The van der Waals surface area contributed by atoms with Gasteiger partial charge in [0.25, 0.3) is 5.91 Å². The molecule has 0 aromatic heterocycles. The van der Waals surface area contributed by atoms with E-state index in [-0.39, 0.29) is 5.91 Å². The van der Waals surface area contributed by atoms with E-state index in [1.807, 2.05) is 19.2 Å². The lowest BCUT2D eigenvalue weighted by atomic mass is 9.96. The molecule has 1 amide bonds. The molecule has 1 aliphatic heterocycles. The Morgan fingerprint density at radius 2 is 2.25 bits per heavy atom. The van der Waals surface area contributed by atoms with Crippen LogP contribution in [0, 0.1) is 6.92 Å². The summed E-state index contributed by atoms with van der Waals surface area (Å²) in [5.41, 5.74) is 8.37. The zero-order valence-corrected chi connectivity index (χ0v) is 12.5. The van der Waals surface area contributed by atoms with E-state index in [1.165, 1.54) is 24.8 Å². The molecule has 1 aromatic rings. The lowest BCUT2D eigenvalue weighted by Crippen LogP contribution is -2.42. The zero-order valence-electron chi connectivity index (χ0n) is 12.5. The average Bonchev–Trinajstić information content (AvgIpc) is 2.45. The summed E-state index contributed by atoms with van der Waals surface area (Å²) in [4.78, 5) is 14.1. The Labute approximate surface area is 121 Å². The summed E-state index contributed by atoms with van der Waals surface area (Å²) in [6.45, 7) is 4.07. The minimum absolute atomic E-state index is 0.335. The monoisotopic (exact) mass is 275 g/mol. The maximum Gasteiger partial charge on any atom is 0.250 e. The summed E-state index contributed by atoms with van der Waals surface area (Å²) in [5.74, 6) is -0.335. The lowest BCUT2D eigenvalue weighted by Gasteiger charge is -2.38. The number of piperidine rings is 1. The number of nitrogens with zero attached hydrogens (tertiary/aromatic N) is 1. The van der Waals surface area contributed by atoms with Crippen LogP contribution in [0.2, 0.25) is 0 Å². The highest BCUT2D eigenvalue weighted by Gasteiger charge is 2.25. The number of amides is 1. The molecule has 0 saturated carbocycles. The molecule has 4 nitrogen and oxygen atoms in total. The number of hydrogen-bond donors (Lipinski definition) is 2. The van der Waals surface area contributed by atoms with Gasteiger partial charge in [0.05, 0.1) is 11.3 Å². The second kappa shape index (κ2) is 6.75. The number of carbonyl (C=O) groups excluding carboxylic acids is 1. The first-order valence-electron chi connectivity index (χ1n) is 7.45. The fourth-order valence-corrected chi connectivity index (χ4v) is 3.02. The fraction of sp³-hybridized carbons (Fsp3) is 0.562. The van der Waals surface area contributed by atoms with Crippen LogP contribution < -0.4 is 16.0 Å². The number of hydrogen-bond acceptors (Lipinski definition) is 3. The lowest BCUT2D eigenvalue weighted by molar-refractivity contribution is 0.100. The van der Waals surface area contributed by atoms with E-state index in [1.54, 1.807) is 0 Å². The third kappa shape index (κ3) is 3.31. The van der Waals surface area contributed by atoms with Gasteiger partial charge in [0, 0.05) is 12.6 Å². The molecule has 1 fully saturated rings. The van der Waals surface area contributed by atoms with Gasteiger partial charge in [-0.05, 0) is 63.9 Å². The number of nitrogens with one attached hydrogen (secondary N) is 1. The molecule has 1 unspecified atom stereocenters. The summed E-state index contributed by atoms with van der Waals surface area (Å²) in [5, 5.41) is 3.22. The second-order valence-electron chi connectivity index (χ2n) is 5.62. The van der Waals surface area contributed by atoms with Gasteiger partial charge in [0.1, 0.15) is 0 Å². The van der Waals surface area contributed by atoms with Crippen LogP contribution in [0.3, 0.4) is 0 Å². The van der Waals surface area contributed by atoms with E-state index in [0.717, 1.165) is 25.2 Å². The van der Waals surface area contributed by atoms with Crippen molar-refractivity contribution in [3.63, 3.8) is 0 Å². The third-order valence-corrected chi connectivity index (χ3v) is 4.08. The predicted octanol–water partition coefficient (Wildman–Crippen LogP) is 2.06. The molecule has 2 rings (SSSR count). The molecule has 20 heavy (non-hydrogen) atoms. The molecule has 0 aliphatic carbocycles. The Morgan fingerprint density at radius 3 is 2.95 bits per heavy atom. The third-order valence-electron chi connectivity index (χ3n) is 4.08. The summed E-state index contributed by atoms with van der Waals surface area (Å²) in [7, 11) is 1.98. The quantitative estimate of drug-likeness (QED) is 0.865. The van der Waals surface area contributed by atoms with Crippen molar-refractivity contribution >= 4 is 11.6 Å². The van der Waals surface area contributed by atoms with E-state index in [0.29, 0.717) is 11.6 Å². The number of anilines is 1. The van der Waals surface area contributed by atoms with Crippen LogP contribution in [0.25, 0.3) is 0 Å². The molecule has 1 atom stereocenters. The highest BCUT2D eigenvalue weighted by atomic mass is 16.1. The zero-order chi connectivity index (χ0) is 14.5. The van der Waals surface area contributed by atoms with Crippen molar-refractivity contribution in [1.29, 1.82) is 0 Å². The Kier molecular flexibility index (Phi) is 5.01. The second-order valence-corrected chi connectivity index (χ2v) is 5.62. The van der Waals surface area contributed by atoms with E-state index in [2.05, 4.69) is 23.2 Å². The molecule has 0 bridgehead atoms. The van der Waals surface area contributed by atoms with Crippen molar-refractivity contribution < 1.29 is 4.79 Å². The summed E-state index contributed by atoms with van der Waals surface area (Å²) in [6.07, 6.45) is 4.74. The standard InChI is InChI=1S/C16H25N3O/c1-12-6-7-14(16(17)20)15(11-12)19-10-4-3-5-13(19)8-9-18-2/h6-7,11,13,18H,3-5,8-10H2,1-2H3,(H2,17,20). The summed E-state index contributed by atoms with van der Waals surface area (Å²) in [6, 6.07) is 6.40. The highest BCUT2D eigenvalue weighted by Crippen LogP contribution is 2.30. The Morgan fingerprint density at radius 1 is 1.45 bits per heavy atom. The van der Waals surface area contributed by atoms with Crippen molar-refractivity contribution in [2.75, 3.05) is 25.0 Å². The van der Waals surface area contributed by atoms with Crippen molar-refractivity contribution in [1.82, 2.24) is 5.32 Å². The largest absolute Gasteiger partial charge is 0.368 e. The number of carbonyl (C=O) groups is 1. The first-order chi connectivity index (χ1) is 9.63. The molecule has 1 aromatic carbocycles. The molecule has 1 heterocycles. The van der Waals surface area contributed by atoms with E-state index >= 15 is 0 Å². The number of benzene rings is 1. The van der Waals surface area contributed by atoms with Crippen molar-refractivity contribution in [2.24, 2.45) is 5.73 Å². The molecule has 1 saturated heterocycles. The van der Waals surface area contributed by atoms with Gasteiger partial charge in [-0.25, -0.2) is 0 Å². The Hall–Kier alpha value is -1.55. The van der Waals surface area contributed by atoms with Gasteiger partial charge in [-0.1, -0.05) is 6.07 Å². The summed E-state index contributed by atoms with van der Waals surface area (Å²) < 4.78 is 0. The van der Waals surface area contributed by atoms with Crippen LogP contribution >= 0.6 is 0 Å². The first kappa shape index (κ1) is 14.9. The maximum absolute atomic E-state index is 11.7. The van der Waals surface area contributed by atoms with Gasteiger partial charge < -0.3 is 16.0 Å². The number of aryl methyl sites for hydroxylation is 1. The fourth-order valence-electron chi connectivity index (χ4n) is 3.02. The van der Waals surface area contributed by atoms with Crippen LogP contribution in [0.15, 0.2) is 18.2 Å². The number of primary amides is 1. The van der Waals surface area contributed by atoms with Gasteiger partial charge >= 0.3 is 0 Å². The molecule has 4 heteroatoms. The van der Waals surface area contributed by atoms with E-state index in [9.17, 15) is 4.79 Å². The molecular formula is C16H25N3O. The smallest absolute Gasteiger partial charge is 0.250 e. The molecular weight excluding hydrogens is 250 g/mol. The predicted molar refractivity (Wildman–Crippen MR) is 83.2 cm³/mol. The van der Waals surface area contributed by atoms with Crippen molar-refractivity contribution in [3.05, 3.63) is 29.3 Å². The van der Waals surface area contributed by atoms with Crippen LogP contribution in [0.4, 0.5) is 5.69 Å². The van der Waals surface area contributed by atoms with E-state index < -0.39 is 0 Å². The minimum atomic E-state index is -0.335. The molecule has 3 N–H and O–H groups in total. The molecule has 0 radical (unpaired) electrons. The molecule has 0 spiro atoms. The number of rotatable bonds is 5. The summed E-state index contributed by atoms with van der Waals surface area (Å²) >= 11 is 0. The molecule has 1 aliphatic rings. The maximum atomic E-state index is 11.7. The van der Waals surface area contributed by atoms with Crippen molar-refractivity contribution in [3.8, 4) is 0 Å². The van der Waals surface area contributed by atoms with Crippen LogP contribution in [0.5, 0.6) is 0 Å². The van der Waals surface area contributed by atoms with Crippen LogP contribution in [0.1, 0.15) is 41.6 Å². The van der Waals surface area contributed by atoms with E-state index in [4.69, 9.17) is 5.73 Å². The Balaban J connectivity index is 2.31. The Bertz CT molecular complexity index is 473. The minimum Gasteiger partial charge on any atom is -0.368 e. The van der Waals surface area contributed by atoms with Crippen LogP contribution in [-0.4, -0.2) is 32.1 Å². The van der Waals surface area contributed by atoms with Crippen molar-refractivity contribution in [2.45, 2.75) is 38.6 Å². The highest BCUT2D eigenvalue weighted by molar-refractivity contribution is 5.98. The topological polar surface area (TPSA) is 58.4 Å². The normalized spacial score (nSPS) is 19.1. The SMILES string of the molecule is CNCCC1CCCCN1c1cc(C)ccc1C(N)=O. The average molecular weight is 275 g/mol. The number of nitrogens with two attached hydrogens (primary N) is 1. The van der Waals surface area contributed by atoms with Crippen LogP contribution in [-0.2, 0) is 0 Å². The van der Waals surface area contributed by atoms with Gasteiger partial charge in [0.2, 0.25) is 0 Å². The van der Waals surface area contributed by atoms with Gasteiger partial charge in [0.15, 0.2) is 0 Å².